The second kappa shape index (κ2) is 4.20. The van der Waals surface area contributed by atoms with E-state index in [0.717, 1.165) is 5.69 Å². The summed E-state index contributed by atoms with van der Waals surface area (Å²) in [7, 11) is 1.85. The van der Waals surface area contributed by atoms with E-state index in [-0.39, 0.29) is 0 Å². The normalized spacial score (nSPS) is 10.1. The molecule has 1 aromatic heterocycles. The van der Waals surface area contributed by atoms with Gasteiger partial charge in [-0.25, -0.2) is 0 Å². The molecule has 62 valence electrons. The first-order valence-corrected chi connectivity index (χ1v) is 3.50. The first kappa shape index (κ1) is 8.36. The standard InChI is InChI=1S/C7H9N5/c1-12-7(4-6-10-12)3-2-5-9-11-8/h2-4,6H,5H2,1H3. The molecule has 0 fully saturated rings. The van der Waals surface area contributed by atoms with Gasteiger partial charge in [-0.05, 0) is 17.7 Å². The molecule has 5 nitrogen and oxygen atoms in total. The predicted molar refractivity (Wildman–Crippen MR) is 46.3 cm³/mol. The van der Waals surface area contributed by atoms with Crippen LogP contribution in [0.15, 0.2) is 23.5 Å². The average molecular weight is 163 g/mol. The third-order valence-electron chi connectivity index (χ3n) is 1.40. The van der Waals surface area contributed by atoms with E-state index in [1.54, 1.807) is 17.0 Å². The van der Waals surface area contributed by atoms with Crippen LogP contribution < -0.4 is 0 Å². The average Bonchev–Trinajstić information content (AvgIpc) is 2.46. The van der Waals surface area contributed by atoms with Crippen molar-refractivity contribution in [3.05, 3.63) is 34.5 Å². The molecule has 0 aromatic carbocycles. The Morgan fingerprint density at radius 3 is 3.25 bits per heavy atom. The molecule has 0 aliphatic heterocycles. The van der Waals surface area contributed by atoms with Gasteiger partial charge in [-0.1, -0.05) is 11.2 Å². The number of hydrogen-bond acceptors (Lipinski definition) is 2. The summed E-state index contributed by atoms with van der Waals surface area (Å²) in [6.45, 7) is 0.377. The Hall–Kier alpha value is -1.74. The van der Waals surface area contributed by atoms with E-state index < -0.39 is 0 Å². The zero-order valence-electron chi connectivity index (χ0n) is 6.75. The van der Waals surface area contributed by atoms with E-state index in [2.05, 4.69) is 15.1 Å². The number of rotatable bonds is 3. The summed E-state index contributed by atoms with van der Waals surface area (Å²) < 4.78 is 1.74. The van der Waals surface area contributed by atoms with Crippen LogP contribution in [0.25, 0.3) is 16.5 Å². The van der Waals surface area contributed by atoms with Crippen molar-refractivity contribution in [2.24, 2.45) is 12.2 Å². The summed E-state index contributed by atoms with van der Waals surface area (Å²) in [5.41, 5.74) is 8.97. The minimum absolute atomic E-state index is 0.377. The summed E-state index contributed by atoms with van der Waals surface area (Å²) in [5.74, 6) is 0. The van der Waals surface area contributed by atoms with Crippen LogP contribution in [0, 0.1) is 0 Å². The fraction of sp³-hybridized carbons (Fsp3) is 0.286. The van der Waals surface area contributed by atoms with Gasteiger partial charge in [-0.15, -0.1) is 0 Å². The molecule has 0 aliphatic carbocycles. The smallest absolute Gasteiger partial charge is 0.0603 e. The van der Waals surface area contributed by atoms with Crippen molar-refractivity contribution >= 4 is 6.08 Å². The van der Waals surface area contributed by atoms with Crippen molar-refractivity contribution in [2.75, 3.05) is 6.54 Å². The van der Waals surface area contributed by atoms with Gasteiger partial charge in [0, 0.05) is 24.7 Å². The first-order valence-electron chi connectivity index (χ1n) is 3.50. The van der Waals surface area contributed by atoms with Crippen molar-refractivity contribution in [1.29, 1.82) is 0 Å². The van der Waals surface area contributed by atoms with Crippen LogP contribution in [-0.2, 0) is 7.05 Å². The Labute approximate surface area is 69.9 Å². The minimum Gasteiger partial charge on any atom is -0.269 e. The Morgan fingerprint density at radius 1 is 1.83 bits per heavy atom. The van der Waals surface area contributed by atoms with E-state index in [1.807, 2.05) is 19.2 Å². The van der Waals surface area contributed by atoms with Crippen LogP contribution >= 0.6 is 0 Å². The van der Waals surface area contributed by atoms with Gasteiger partial charge in [0.05, 0.1) is 5.69 Å². The van der Waals surface area contributed by atoms with Crippen LogP contribution in [0.3, 0.4) is 0 Å². The summed E-state index contributed by atoms with van der Waals surface area (Å²) in [6, 6.07) is 1.88. The molecule has 0 radical (unpaired) electrons. The highest BCUT2D eigenvalue weighted by Crippen LogP contribution is 1.98. The second-order valence-corrected chi connectivity index (χ2v) is 2.20. The molecule has 0 saturated heterocycles. The molecule has 1 rings (SSSR count). The summed E-state index contributed by atoms with van der Waals surface area (Å²) in [4.78, 5) is 2.63. The van der Waals surface area contributed by atoms with Crippen molar-refractivity contribution < 1.29 is 0 Å². The van der Waals surface area contributed by atoms with Crippen molar-refractivity contribution in [3.8, 4) is 0 Å². The van der Waals surface area contributed by atoms with Crippen LogP contribution in [0.5, 0.6) is 0 Å². The van der Waals surface area contributed by atoms with Gasteiger partial charge < -0.3 is 0 Å². The molecular formula is C7H9N5. The number of nitrogens with zero attached hydrogens (tertiary/aromatic N) is 5. The maximum absolute atomic E-state index is 7.98. The van der Waals surface area contributed by atoms with Crippen LogP contribution in [0.2, 0.25) is 0 Å². The largest absolute Gasteiger partial charge is 0.269 e. The topological polar surface area (TPSA) is 66.6 Å². The van der Waals surface area contributed by atoms with Crippen molar-refractivity contribution in [3.63, 3.8) is 0 Å². The minimum atomic E-state index is 0.377. The monoisotopic (exact) mass is 163 g/mol. The zero-order valence-corrected chi connectivity index (χ0v) is 6.75. The molecule has 0 saturated carbocycles. The Morgan fingerprint density at radius 2 is 2.67 bits per heavy atom. The molecule has 0 spiro atoms. The molecule has 12 heavy (non-hydrogen) atoms. The maximum atomic E-state index is 7.98. The van der Waals surface area contributed by atoms with E-state index >= 15 is 0 Å². The van der Waals surface area contributed by atoms with Crippen molar-refractivity contribution in [2.45, 2.75) is 0 Å². The summed E-state index contributed by atoms with van der Waals surface area (Å²) in [6.07, 6.45) is 5.37. The lowest BCUT2D eigenvalue weighted by Gasteiger charge is -1.91. The molecular weight excluding hydrogens is 154 g/mol. The molecule has 0 aliphatic rings. The zero-order chi connectivity index (χ0) is 8.81. The van der Waals surface area contributed by atoms with Gasteiger partial charge in [-0.3, -0.25) is 4.68 Å². The van der Waals surface area contributed by atoms with Gasteiger partial charge in [-0.2, -0.15) is 5.10 Å². The number of azide groups is 1. The molecule has 0 unspecified atom stereocenters. The van der Waals surface area contributed by atoms with Crippen LogP contribution in [0.4, 0.5) is 0 Å². The quantitative estimate of drug-likeness (QED) is 0.380. The summed E-state index contributed by atoms with van der Waals surface area (Å²) >= 11 is 0. The van der Waals surface area contributed by atoms with Gasteiger partial charge in [0.15, 0.2) is 0 Å². The van der Waals surface area contributed by atoms with E-state index in [4.69, 9.17) is 5.53 Å². The Kier molecular flexibility index (Phi) is 2.93. The molecule has 0 N–H and O–H groups in total. The third kappa shape index (κ3) is 2.14. The maximum Gasteiger partial charge on any atom is 0.0603 e. The van der Waals surface area contributed by atoms with E-state index in [0.29, 0.717) is 6.54 Å². The molecule has 5 heteroatoms. The highest BCUT2D eigenvalue weighted by Gasteiger charge is 1.89. The number of hydrogen-bond donors (Lipinski definition) is 0. The van der Waals surface area contributed by atoms with E-state index in [9.17, 15) is 0 Å². The third-order valence-corrected chi connectivity index (χ3v) is 1.40. The second-order valence-electron chi connectivity index (χ2n) is 2.20. The summed E-state index contributed by atoms with van der Waals surface area (Å²) in [5, 5.41) is 7.34. The molecule has 0 atom stereocenters. The predicted octanol–water partition coefficient (Wildman–Crippen LogP) is 1.74. The molecule has 0 bridgehead atoms. The highest BCUT2D eigenvalue weighted by atomic mass is 15.2. The van der Waals surface area contributed by atoms with E-state index in [1.165, 1.54) is 0 Å². The molecule has 0 amide bonds. The highest BCUT2D eigenvalue weighted by molar-refractivity contribution is 5.44. The lowest BCUT2D eigenvalue weighted by atomic mass is 10.4. The van der Waals surface area contributed by atoms with Gasteiger partial charge in [0.25, 0.3) is 0 Å². The van der Waals surface area contributed by atoms with Gasteiger partial charge in [0.2, 0.25) is 0 Å². The Balaban J connectivity index is 2.57. The van der Waals surface area contributed by atoms with Crippen LogP contribution in [0.1, 0.15) is 5.69 Å². The first-order chi connectivity index (χ1) is 5.84. The van der Waals surface area contributed by atoms with Crippen molar-refractivity contribution in [1.82, 2.24) is 9.78 Å². The lowest BCUT2D eigenvalue weighted by molar-refractivity contribution is 0.759. The fourth-order valence-electron chi connectivity index (χ4n) is 0.805. The lowest BCUT2D eigenvalue weighted by Crippen LogP contribution is -1.91. The number of aryl methyl sites for hydroxylation is 1. The van der Waals surface area contributed by atoms with Crippen LogP contribution in [-0.4, -0.2) is 16.3 Å². The van der Waals surface area contributed by atoms with Gasteiger partial charge >= 0.3 is 0 Å². The SMILES string of the molecule is Cn1nccc1C=CCN=[N+]=[N-]. The fourth-order valence-corrected chi connectivity index (χ4v) is 0.805. The number of aromatic nitrogens is 2. The van der Waals surface area contributed by atoms with Gasteiger partial charge in [0.1, 0.15) is 0 Å². The molecule has 1 heterocycles. The molecule has 1 aromatic rings. The Bertz CT molecular complexity index is 318.